The van der Waals surface area contributed by atoms with Gasteiger partial charge in [-0.1, -0.05) is 6.42 Å². The molecule has 0 bridgehead atoms. The van der Waals surface area contributed by atoms with Crippen molar-refractivity contribution in [2.75, 3.05) is 7.11 Å². The van der Waals surface area contributed by atoms with Gasteiger partial charge in [-0.25, -0.2) is 0 Å². The second kappa shape index (κ2) is 4.45. The van der Waals surface area contributed by atoms with Gasteiger partial charge < -0.3 is 10.5 Å². The van der Waals surface area contributed by atoms with Crippen molar-refractivity contribution >= 4 is 0 Å². The lowest BCUT2D eigenvalue weighted by atomic mass is 9.99. The Labute approximate surface area is 96.8 Å². The third-order valence-electron chi connectivity index (χ3n) is 3.43. The third-order valence-corrected chi connectivity index (χ3v) is 3.43. The number of hydrogen-bond donors (Lipinski definition) is 1. The van der Waals surface area contributed by atoms with E-state index < -0.39 is 0 Å². The number of aromatic nitrogens is 2. The maximum Gasteiger partial charge on any atom is 0.160 e. The van der Waals surface area contributed by atoms with Crippen LogP contribution in [0.3, 0.4) is 0 Å². The van der Waals surface area contributed by atoms with Gasteiger partial charge in [0.15, 0.2) is 5.75 Å². The molecule has 90 valence electrons. The van der Waals surface area contributed by atoms with Gasteiger partial charge in [-0.15, -0.1) is 0 Å². The van der Waals surface area contributed by atoms with E-state index in [-0.39, 0.29) is 6.04 Å². The van der Waals surface area contributed by atoms with E-state index in [1.807, 2.05) is 0 Å². The fourth-order valence-electron chi connectivity index (χ4n) is 2.61. The molecule has 2 atom stereocenters. The van der Waals surface area contributed by atoms with Crippen LogP contribution in [-0.4, -0.2) is 22.9 Å². The zero-order valence-corrected chi connectivity index (χ0v) is 10.3. The summed E-state index contributed by atoms with van der Waals surface area (Å²) in [6.45, 7) is 4.27. The number of hydrogen-bond acceptors (Lipinski definition) is 3. The molecule has 0 saturated heterocycles. The normalized spacial score (nSPS) is 25.3. The van der Waals surface area contributed by atoms with E-state index in [0.717, 1.165) is 18.6 Å². The molecule has 2 rings (SSSR count). The Kier molecular flexibility index (Phi) is 3.19. The predicted octanol–water partition coefficient (Wildman–Crippen LogP) is 2.07. The van der Waals surface area contributed by atoms with Crippen LogP contribution < -0.4 is 10.5 Å². The Hall–Kier alpha value is -1.03. The van der Waals surface area contributed by atoms with Gasteiger partial charge in [0.25, 0.3) is 0 Å². The Balaban J connectivity index is 2.39. The van der Waals surface area contributed by atoms with Crippen molar-refractivity contribution in [3.05, 3.63) is 11.9 Å². The highest BCUT2D eigenvalue weighted by molar-refractivity contribution is 5.31. The molecule has 16 heavy (non-hydrogen) atoms. The topological polar surface area (TPSA) is 53.1 Å². The maximum absolute atomic E-state index is 6.17. The summed E-state index contributed by atoms with van der Waals surface area (Å²) >= 11 is 0. The number of ether oxygens (including phenoxy) is 1. The maximum atomic E-state index is 6.17. The largest absolute Gasteiger partial charge is 0.493 e. The number of rotatable bonds is 3. The van der Waals surface area contributed by atoms with Crippen molar-refractivity contribution in [3.8, 4) is 5.75 Å². The van der Waals surface area contributed by atoms with Crippen LogP contribution in [0.25, 0.3) is 0 Å². The lowest BCUT2D eigenvalue weighted by Gasteiger charge is -2.20. The summed E-state index contributed by atoms with van der Waals surface area (Å²) in [5.41, 5.74) is 7.35. The average Bonchev–Trinajstić information content (AvgIpc) is 2.82. The molecule has 1 aromatic heterocycles. The number of methoxy groups -OCH3 is 1. The first-order valence-corrected chi connectivity index (χ1v) is 6.02. The van der Waals surface area contributed by atoms with Gasteiger partial charge in [-0.3, -0.25) is 4.68 Å². The molecule has 0 aliphatic heterocycles. The highest BCUT2D eigenvalue weighted by Crippen LogP contribution is 2.38. The van der Waals surface area contributed by atoms with Crippen molar-refractivity contribution in [2.45, 2.75) is 51.1 Å². The molecule has 1 heterocycles. The van der Waals surface area contributed by atoms with Crippen LogP contribution in [0, 0.1) is 0 Å². The summed E-state index contributed by atoms with van der Waals surface area (Å²) < 4.78 is 7.45. The van der Waals surface area contributed by atoms with Gasteiger partial charge in [0.05, 0.1) is 19.0 Å². The predicted molar refractivity (Wildman–Crippen MR) is 63.7 cm³/mol. The van der Waals surface area contributed by atoms with Crippen molar-refractivity contribution in [3.63, 3.8) is 0 Å². The van der Waals surface area contributed by atoms with Crippen molar-refractivity contribution in [1.82, 2.24) is 9.78 Å². The first-order valence-electron chi connectivity index (χ1n) is 6.02. The van der Waals surface area contributed by atoms with E-state index in [4.69, 9.17) is 10.5 Å². The van der Waals surface area contributed by atoms with Gasteiger partial charge in [0.1, 0.15) is 0 Å². The Morgan fingerprint density at radius 2 is 2.25 bits per heavy atom. The molecular weight excluding hydrogens is 202 g/mol. The quantitative estimate of drug-likeness (QED) is 0.853. The lowest BCUT2D eigenvalue weighted by Crippen LogP contribution is -2.25. The van der Waals surface area contributed by atoms with Gasteiger partial charge in [-0.2, -0.15) is 5.10 Å². The fourth-order valence-corrected chi connectivity index (χ4v) is 2.61. The Morgan fingerprint density at radius 1 is 1.50 bits per heavy atom. The number of nitrogens with two attached hydrogens (primary N) is 1. The van der Waals surface area contributed by atoms with Gasteiger partial charge in [0.2, 0.25) is 0 Å². The molecule has 2 N–H and O–H groups in total. The first-order chi connectivity index (χ1) is 7.65. The average molecular weight is 223 g/mol. The van der Waals surface area contributed by atoms with E-state index in [9.17, 15) is 0 Å². The minimum atomic E-state index is 0.253. The molecule has 1 aliphatic rings. The smallest absolute Gasteiger partial charge is 0.160 e. The zero-order valence-electron chi connectivity index (χ0n) is 10.3. The van der Waals surface area contributed by atoms with E-state index in [2.05, 4.69) is 23.6 Å². The minimum Gasteiger partial charge on any atom is -0.493 e. The van der Waals surface area contributed by atoms with Gasteiger partial charge in [0, 0.05) is 18.0 Å². The molecule has 0 spiro atoms. The molecule has 4 nitrogen and oxygen atoms in total. The van der Waals surface area contributed by atoms with E-state index in [1.165, 1.54) is 12.1 Å². The molecule has 1 aliphatic carbocycles. The van der Waals surface area contributed by atoms with Crippen LogP contribution in [0.1, 0.15) is 50.8 Å². The van der Waals surface area contributed by atoms with Gasteiger partial charge >= 0.3 is 0 Å². The van der Waals surface area contributed by atoms with Crippen molar-refractivity contribution in [2.24, 2.45) is 5.73 Å². The molecule has 1 aromatic rings. The van der Waals surface area contributed by atoms with Crippen LogP contribution in [0.15, 0.2) is 6.20 Å². The molecule has 2 unspecified atom stereocenters. The highest BCUT2D eigenvalue weighted by atomic mass is 16.5. The minimum absolute atomic E-state index is 0.253. The van der Waals surface area contributed by atoms with E-state index >= 15 is 0 Å². The van der Waals surface area contributed by atoms with Crippen LogP contribution in [0.5, 0.6) is 5.75 Å². The summed E-state index contributed by atoms with van der Waals surface area (Å²) in [7, 11) is 1.70. The van der Waals surface area contributed by atoms with E-state index in [0.29, 0.717) is 12.0 Å². The molecule has 1 saturated carbocycles. The van der Waals surface area contributed by atoms with Crippen molar-refractivity contribution < 1.29 is 4.74 Å². The van der Waals surface area contributed by atoms with Crippen LogP contribution in [0.4, 0.5) is 0 Å². The third kappa shape index (κ3) is 1.82. The van der Waals surface area contributed by atoms with Crippen molar-refractivity contribution in [1.29, 1.82) is 0 Å². The van der Waals surface area contributed by atoms with Crippen LogP contribution in [0.2, 0.25) is 0 Å². The summed E-state index contributed by atoms with van der Waals surface area (Å²) in [5, 5.41) is 4.40. The molecule has 0 aromatic carbocycles. The van der Waals surface area contributed by atoms with Crippen LogP contribution >= 0.6 is 0 Å². The molecule has 1 fully saturated rings. The second-order valence-electron chi connectivity index (χ2n) is 4.84. The Morgan fingerprint density at radius 3 is 2.75 bits per heavy atom. The standard InChI is InChI=1S/C12H21N3O/c1-8(2)15-12(11(16-3)7-14-15)9-5-4-6-10(9)13/h7-10H,4-6,13H2,1-3H3. The monoisotopic (exact) mass is 223 g/mol. The van der Waals surface area contributed by atoms with Gasteiger partial charge in [-0.05, 0) is 26.7 Å². The summed E-state index contributed by atoms with van der Waals surface area (Å²) in [6, 6.07) is 0.606. The molecular formula is C12H21N3O. The summed E-state index contributed by atoms with van der Waals surface area (Å²) in [4.78, 5) is 0. The second-order valence-corrected chi connectivity index (χ2v) is 4.84. The molecule has 0 amide bonds. The molecule has 0 radical (unpaired) electrons. The number of nitrogens with zero attached hydrogens (tertiary/aromatic N) is 2. The SMILES string of the molecule is COc1cnn(C(C)C)c1C1CCCC1N. The lowest BCUT2D eigenvalue weighted by molar-refractivity contribution is 0.392. The zero-order chi connectivity index (χ0) is 11.7. The molecule has 4 heteroatoms. The summed E-state index contributed by atoms with van der Waals surface area (Å²) in [5.74, 6) is 1.29. The Bertz CT molecular complexity index is 359. The van der Waals surface area contributed by atoms with E-state index in [1.54, 1.807) is 13.3 Å². The first kappa shape index (κ1) is 11.5. The van der Waals surface area contributed by atoms with Crippen LogP contribution in [-0.2, 0) is 0 Å². The highest BCUT2D eigenvalue weighted by Gasteiger charge is 2.31. The fraction of sp³-hybridized carbons (Fsp3) is 0.750. The summed E-state index contributed by atoms with van der Waals surface area (Å²) in [6.07, 6.45) is 5.27.